The lowest BCUT2D eigenvalue weighted by Crippen LogP contribution is -2.32. The van der Waals surface area contributed by atoms with Crippen LogP contribution in [0.1, 0.15) is 42.3 Å². The molecule has 0 bridgehead atoms. The highest BCUT2D eigenvalue weighted by atomic mass is 79.9. The summed E-state index contributed by atoms with van der Waals surface area (Å²) in [4.78, 5) is 35.5. The van der Waals surface area contributed by atoms with E-state index in [1.807, 2.05) is 24.3 Å². The Kier molecular flexibility index (Phi) is 7.60. The maximum Gasteiger partial charge on any atom is 0.325 e. The summed E-state index contributed by atoms with van der Waals surface area (Å²) >= 11 is 3.08. The molecule has 2 aromatic rings. The van der Waals surface area contributed by atoms with Crippen LogP contribution in [0.4, 0.5) is 5.69 Å². The number of ether oxygens (including phenoxy) is 1. The number of rotatable bonds is 8. The van der Waals surface area contributed by atoms with Crippen LogP contribution < -0.4 is 10.6 Å². The van der Waals surface area contributed by atoms with Crippen LogP contribution in [-0.4, -0.2) is 30.9 Å². The van der Waals surface area contributed by atoms with Crippen molar-refractivity contribution in [1.82, 2.24) is 5.32 Å². The van der Waals surface area contributed by atoms with E-state index < -0.39 is 24.4 Å². The monoisotopic (exact) mass is 436 g/mol. The van der Waals surface area contributed by atoms with E-state index in [0.717, 1.165) is 12.0 Å². The van der Waals surface area contributed by atoms with Crippen LogP contribution in [0.2, 0.25) is 0 Å². The molecule has 0 fully saturated rings. The number of halogens is 1. The molecule has 144 valence electrons. The first kappa shape index (κ1) is 20.7. The Balaban J connectivity index is 1.78. The SMILES string of the molecule is CC[C@H](C)c1ccccc1NC(=O)COC(=O)CNC(=O)c1ccc(Br)o1. The molecule has 0 radical (unpaired) electrons. The Morgan fingerprint density at radius 3 is 2.59 bits per heavy atom. The smallest absolute Gasteiger partial charge is 0.325 e. The highest BCUT2D eigenvalue weighted by Gasteiger charge is 2.15. The number of esters is 1. The molecule has 0 aliphatic heterocycles. The standard InChI is InChI=1S/C19H21BrN2O5/c1-3-12(2)13-6-4-5-7-14(13)22-17(23)11-26-18(24)10-21-19(25)15-8-9-16(20)27-15/h4-9,12H,3,10-11H2,1-2H3,(H,21,25)(H,22,23)/t12-/m0/s1. The molecule has 1 aromatic heterocycles. The van der Waals surface area contributed by atoms with Crippen LogP contribution >= 0.6 is 15.9 Å². The van der Waals surface area contributed by atoms with Gasteiger partial charge in [-0.2, -0.15) is 0 Å². The van der Waals surface area contributed by atoms with Gasteiger partial charge < -0.3 is 19.8 Å². The Labute approximate surface area is 165 Å². The minimum absolute atomic E-state index is 0.0640. The van der Waals surface area contributed by atoms with E-state index in [-0.39, 0.29) is 12.3 Å². The quantitative estimate of drug-likeness (QED) is 0.617. The van der Waals surface area contributed by atoms with Gasteiger partial charge in [0, 0.05) is 5.69 Å². The predicted octanol–water partition coefficient (Wildman–Crippen LogP) is 3.47. The molecule has 1 atom stereocenters. The molecule has 0 saturated heterocycles. The number of furan rings is 1. The van der Waals surface area contributed by atoms with Crippen molar-refractivity contribution in [1.29, 1.82) is 0 Å². The normalized spacial score (nSPS) is 11.5. The van der Waals surface area contributed by atoms with Crippen molar-refractivity contribution in [3.63, 3.8) is 0 Å². The first-order valence-corrected chi connectivity index (χ1v) is 9.28. The van der Waals surface area contributed by atoms with Gasteiger partial charge in [-0.1, -0.05) is 32.0 Å². The number of benzene rings is 1. The highest BCUT2D eigenvalue weighted by Crippen LogP contribution is 2.26. The maximum atomic E-state index is 12.0. The fourth-order valence-electron chi connectivity index (χ4n) is 2.32. The molecular weight excluding hydrogens is 416 g/mol. The van der Waals surface area contributed by atoms with Gasteiger partial charge in [-0.15, -0.1) is 0 Å². The number of carbonyl (C=O) groups is 3. The van der Waals surface area contributed by atoms with Gasteiger partial charge in [0.2, 0.25) is 0 Å². The zero-order valence-corrected chi connectivity index (χ0v) is 16.7. The van der Waals surface area contributed by atoms with E-state index in [0.29, 0.717) is 16.3 Å². The van der Waals surface area contributed by atoms with Crippen molar-refractivity contribution < 1.29 is 23.5 Å². The van der Waals surface area contributed by atoms with Crippen molar-refractivity contribution in [2.24, 2.45) is 0 Å². The van der Waals surface area contributed by atoms with Crippen molar-refractivity contribution in [2.45, 2.75) is 26.2 Å². The summed E-state index contributed by atoms with van der Waals surface area (Å²) in [5.74, 6) is -1.36. The third kappa shape index (κ3) is 6.25. The molecule has 8 heteroatoms. The Morgan fingerprint density at radius 1 is 1.19 bits per heavy atom. The van der Waals surface area contributed by atoms with E-state index >= 15 is 0 Å². The molecule has 0 unspecified atom stereocenters. The number of carbonyl (C=O) groups excluding carboxylic acids is 3. The largest absolute Gasteiger partial charge is 0.454 e. The van der Waals surface area contributed by atoms with Crippen molar-refractivity contribution in [3.8, 4) is 0 Å². The molecule has 0 aliphatic rings. The van der Waals surface area contributed by atoms with Crippen molar-refractivity contribution >= 4 is 39.4 Å². The summed E-state index contributed by atoms with van der Waals surface area (Å²) < 4.78 is 10.4. The van der Waals surface area contributed by atoms with Crippen LogP contribution in [0.3, 0.4) is 0 Å². The molecule has 0 aliphatic carbocycles. The molecule has 2 N–H and O–H groups in total. The minimum atomic E-state index is -0.723. The minimum Gasteiger partial charge on any atom is -0.454 e. The van der Waals surface area contributed by atoms with E-state index in [1.165, 1.54) is 6.07 Å². The summed E-state index contributed by atoms with van der Waals surface area (Å²) in [6.07, 6.45) is 0.938. The van der Waals surface area contributed by atoms with E-state index in [2.05, 4.69) is 40.4 Å². The highest BCUT2D eigenvalue weighted by molar-refractivity contribution is 9.10. The van der Waals surface area contributed by atoms with Crippen LogP contribution in [0, 0.1) is 0 Å². The lowest BCUT2D eigenvalue weighted by atomic mass is 9.97. The summed E-state index contributed by atoms with van der Waals surface area (Å²) in [7, 11) is 0. The first-order chi connectivity index (χ1) is 12.9. The third-order valence-corrected chi connectivity index (χ3v) is 4.36. The fraction of sp³-hybridized carbons (Fsp3) is 0.316. The summed E-state index contributed by atoms with van der Waals surface area (Å²) in [5, 5.41) is 5.11. The van der Waals surface area contributed by atoms with Gasteiger partial charge in [0.1, 0.15) is 6.54 Å². The van der Waals surface area contributed by atoms with Gasteiger partial charge in [0.25, 0.3) is 11.8 Å². The molecule has 27 heavy (non-hydrogen) atoms. The second-order valence-corrected chi connectivity index (χ2v) is 6.67. The third-order valence-electron chi connectivity index (χ3n) is 3.93. The number of hydrogen-bond donors (Lipinski definition) is 2. The Hall–Kier alpha value is -2.61. The number of amides is 2. The van der Waals surface area contributed by atoms with Crippen LogP contribution in [0.15, 0.2) is 45.5 Å². The number of para-hydroxylation sites is 1. The zero-order chi connectivity index (χ0) is 19.8. The molecule has 2 amide bonds. The fourth-order valence-corrected chi connectivity index (χ4v) is 2.63. The zero-order valence-electron chi connectivity index (χ0n) is 15.1. The molecule has 0 saturated carbocycles. The number of anilines is 1. The topological polar surface area (TPSA) is 97.6 Å². The van der Waals surface area contributed by atoms with E-state index in [4.69, 9.17) is 9.15 Å². The second kappa shape index (κ2) is 9.91. The van der Waals surface area contributed by atoms with Crippen LogP contribution in [0.25, 0.3) is 0 Å². The number of hydrogen-bond acceptors (Lipinski definition) is 5. The molecule has 0 spiro atoms. The van der Waals surface area contributed by atoms with Gasteiger partial charge >= 0.3 is 5.97 Å². The van der Waals surface area contributed by atoms with Crippen LogP contribution in [-0.2, 0) is 14.3 Å². The van der Waals surface area contributed by atoms with E-state index in [1.54, 1.807) is 6.07 Å². The number of nitrogens with one attached hydrogen (secondary N) is 2. The lowest BCUT2D eigenvalue weighted by Gasteiger charge is -2.15. The Morgan fingerprint density at radius 2 is 1.93 bits per heavy atom. The predicted molar refractivity (Wildman–Crippen MR) is 103 cm³/mol. The Bertz CT molecular complexity index is 818. The van der Waals surface area contributed by atoms with Gasteiger partial charge in [0.15, 0.2) is 17.0 Å². The summed E-state index contributed by atoms with van der Waals surface area (Å²) in [6, 6.07) is 10.5. The van der Waals surface area contributed by atoms with Crippen molar-refractivity contribution in [2.75, 3.05) is 18.5 Å². The molecule has 2 rings (SSSR count). The average Bonchev–Trinajstić information content (AvgIpc) is 3.10. The second-order valence-electron chi connectivity index (χ2n) is 5.89. The van der Waals surface area contributed by atoms with E-state index in [9.17, 15) is 14.4 Å². The molecule has 1 heterocycles. The van der Waals surface area contributed by atoms with Crippen LogP contribution in [0.5, 0.6) is 0 Å². The average molecular weight is 437 g/mol. The maximum absolute atomic E-state index is 12.0. The van der Waals surface area contributed by atoms with Gasteiger partial charge in [-0.25, -0.2) is 0 Å². The van der Waals surface area contributed by atoms with Gasteiger partial charge in [0.05, 0.1) is 0 Å². The first-order valence-electron chi connectivity index (χ1n) is 8.48. The van der Waals surface area contributed by atoms with Gasteiger partial charge in [-0.3, -0.25) is 14.4 Å². The van der Waals surface area contributed by atoms with Crippen molar-refractivity contribution in [3.05, 3.63) is 52.4 Å². The lowest BCUT2D eigenvalue weighted by molar-refractivity contribution is -0.146. The molecule has 7 nitrogen and oxygen atoms in total. The summed E-state index contributed by atoms with van der Waals surface area (Å²) in [5.41, 5.74) is 1.72. The summed E-state index contributed by atoms with van der Waals surface area (Å²) in [6.45, 7) is 3.34. The molecule has 1 aromatic carbocycles. The van der Waals surface area contributed by atoms with Gasteiger partial charge in [-0.05, 0) is 52.0 Å². The molecular formula is C19H21BrN2O5.